The highest BCUT2D eigenvalue weighted by atomic mass is 16.5. The first-order valence-electron chi connectivity index (χ1n) is 7.92. The monoisotopic (exact) mass is 314 g/mol. The summed E-state index contributed by atoms with van der Waals surface area (Å²) in [6.45, 7) is 1.45. The summed E-state index contributed by atoms with van der Waals surface area (Å²) >= 11 is 0. The SMILES string of the molecule is Nc1ccc(CCCOCCCc2ccc(N)cc2N)c(N)c1. The zero-order valence-electron chi connectivity index (χ0n) is 13.4. The van der Waals surface area contributed by atoms with E-state index in [4.69, 9.17) is 27.7 Å². The van der Waals surface area contributed by atoms with Gasteiger partial charge in [-0.2, -0.15) is 0 Å². The summed E-state index contributed by atoms with van der Waals surface area (Å²) in [6.07, 6.45) is 3.68. The fraction of sp³-hybridized carbons (Fsp3) is 0.333. The Kier molecular flexibility index (Phi) is 6.11. The fourth-order valence-electron chi connectivity index (χ4n) is 2.51. The normalized spacial score (nSPS) is 10.8. The zero-order chi connectivity index (χ0) is 16.7. The van der Waals surface area contributed by atoms with Gasteiger partial charge in [0.15, 0.2) is 0 Å². The van der Waals surface area contributed by atoms with Crippen LogP contribution in [0.4, 0.5) is 22.7 Å². The molecule has 0 bridgehead atoms. The van der Waals surface area contributed by atoms with E-state index in [1.807, 2.05) is 24.3 Å². The predicted octanol–water partition coefficient (Wildman–Crippen LogP) is 2.60. The fourth-order valence-corrected chi connectivity index (χ4v) is 2.51. The molecule has 0 aromatic heterocycles. The van der Waals surface area contributed by atoms with Crippen molar-refractivity contribution in [1.29, 1.82) is 0 Å². The van der Waals surface area contributed by atoms with E-state index in [0.29, 0.717) is 11.4 Å². The van der Waals surface area contributed by atoms with Crippen LogP contribution in [0.2, 0.25) is 0 Å². The van der Waals surface area contributed by atoms with Crippen molar-refractivity contribution in [3.8, 4) is 0 Å². The summed E-state index contributed by atoms with van der Waals surface area (Å²) in [5.74, 6) is 0. The van der Waals surface area contributed by atoms with Crippen LogP contribution in [0.5, 0.6) is 0 Å². The first kappa shape index (κ1) is 17.0. The number of aryl methyl sites for hydroxylation is 2. The topological polar surface area (TPSA) is 113 Å². The van der Waals surface area contributed by atoms with E-state index in [0.717, 1.165) is 61.4 Å². The molecular formula is C18H26N4O. The number of benzene rings is 2. The second kappa shape index (κ2) is 8.29. The Balaban J connectivity index is 1.61. The summed E-state index contributed by atoms with van der Waals surface area (Å²) in [5, 5.41) is 0. The average molecular weight is 314 g/mol. The maximum absolute atomic E-state index is 5.93. The van der Waals surface area contributed by atoms with Gasteiger partial charge in [0.25, 0.3) is 0 Å². The van der Waals surface area contributed by atoms with E-state index in [1.54, 1.807) is 12.1 Å². The van der Waals surface area contributed by atoms with Gasteiger partial charge in [0.05, 0.1) is 0 Å². The molecule has 0 heterocycles. The van der Waals surface area contributed by atoms with Crippen LogP contribution in [-0.4, -0.2) is 13.2 Å². The second-order valence-corrected chi connectivity index (χ2v) is 5.74. The molecule has 124 valence electrons. The molecule has 2 aromatic rings. The van der Waals surface area contributed by atoms with Crippen molar-refractivity contribution in [2.24, 2.45) is 0 Å². The van der Waals surface area contributed by atoms with Crippen LogP contribution in [0.25, 0.3) is 0 Å². The van der Waals surface area contributed by atoms with Gasteiger partial charge in [-0.3, -0.25) is 0 Å². The molecule has 0 unspecified atom stereocenters. The largest absolute Gasteiger partial charge is 0.399 e. The lowest BCUT2D eigenvalue weighted by Gasteiger charge is -2.08. The van der Waals surface area contributed by atoms with E-state index in [2.05, 4.69) is 0 Å². The lowest BCUT2D eigenvalue weighted by Crippen LogP contribution is -2.03. The Bertz CT molecular complexity index is 587. The third kappa shape index (κ3) is 5.38. The summed E-state index contributed by atoms with van der Waals surface area (Å²) in [5.41, 5.74) is 28.4. The summed E-state index contributed by atoms with van der Waals surface area (Å²) in [4.78, 5) is 0. The summed E-state index contributed by atoms with van der Waals surface area (Å²) in [7, 11) is 0. The minimum absolute atomic E-state index is 0.699. The zero-order valence-corrected chi connectivity index (χ0v) is 13.4. The van der Waals surface area contributed by atoms with Crippen LogP contribution in [-0.2, 0) is 17.6 Å². The second-order valence-electron chi connectivity index (χ2n) is 5.74. The van der Waals surface area contributed by atoms with Gasteiger partial charge < -0.3 is 27.7 Å². The maximum Gasteiger partial charge on any atom is 0.0469 e. The lowest BCUT2D eigenvalue weighted by atomic mass is 10.1. The molecule has 0 saturated carbocycles. The number of nitrogens with two attached hydrogens (primary N) is 4. The molecule has 0 fully saturated rings. The van der Waals surface area contributed by atoms with E-state index in [-0.39, 0.29) is 0 Å². The Morgan fingerprint density at radius 2 is 1.09 bits per heavy atom. The number of anilines is 4. The standard InChI is InChI=1S/C18H26N4O/c19-15-7-5-13(17(21)11-15)3-1-9-23-10-2-4-14-6-8-16(20)12-18(14)22/h5-8,11-12H,1-4,9-10,19-22H2. The van der Waals surface area contributed by atoms with Gasteiger partial charge in [-0.1, -0.05) is 12.1 Å². The van der Waals surface area contributed by atoms with Crippen molar-refractivity contribution in [1.82, 2.24) is 0 Å². The molecule has 5 heteroatoms. The van der Waals surface area contributed by atoms with Gasteiger partial charge >= 0.3 is 0 Å². The van der Waals surface area contributed by atoms with Gasteiger partial charge in [0, 0.05) is 36.0 Å². The molecule has 8 N–H and O–H groups in total. The highest BCUT2D eigenvalue weighted by molar-refractivity contribution is 5.57. The van der Waals surface area contributed by atoms with Gasteiger partial charge in [-0.25, -0.2) is 0 Å². The third-order valence-corrected chi connectivity index (χ3v) is 3.81. The van der Waals surface area contributed by atoms with Gasteiger partial charge in [0.2, 0.25) is 0 Å². The van der Waals surface area contributed by atoms with E-state index >= 15 is 0 Å². The van der Waals surface area contributed by atoms with Crippen molar-refractivity contribution in [2.75, 3.05) is 36.1 Å². The molecule has 0 aliphatic heterocycles. The molecule has 0 atom stereocenters. The number of ether oxygens (including phenoxy) is 1. The van der Waals surface area contributed by atoms with Crippen LogP contribution < -0.4 is 22.9 Å². The van der Waals surface area contributed by atoms with E-state index in [9.17, 15) is 0 Å². The molecule has 5 nitrogen and oxygen atoms in total. The molecule has 0 saturated heterocycles. The van der Waals surface area contributed by atoms with Crippen molar-refractivity contribution in [3.05, 3.63) is 47.5 Å². The van der Waals surface area contributed by atoms with Crippen LogP contribution >= 0.6 is 0 Å². The van der Waals surface area contributed by atoms with Gasteiger partial charge in [-0.05, 0) is 61.1 Å². The Morgan fingerprint density at radius 1 is 0.652 bits per heavy atom. The molecule has 0 amide bonds. The minimum atomic E-state index is 0.699. The van der Waals surface area contributed by atoms with Crippen LogP contribution in [0.15, 0.2) is 36.4 Å². The molecule has 0 radical (unpaired) electrons. The third-order valence-electron chi connectivity index (χ3n) is 3.81. The molecule has 0 aliphatic carbocycles. The molecule has 0 spiro atoms. The first-order valence-corrected chi connectivity index (χ1v) is 7.92. The first-order chi connectivity index (χ1) is 11.1. The molecular weight excluding hydrogens is 288 g/mol. The van der Waals surface area contributed by atoms with E-state index < -0.39 is 0 Å². The molecule has 23 heavy (non-hydrogen) atoms. The van der Waals surface area contributed by atoms with Crippen molar-refractivity contribution in [2.45, 2.75) is 25.7 Å². The van der Waals surface area contributed by atoms with E-state index in [1.165, 1.54) is 0 Å². The van der Waals surface area contributed by atoms with Crippen molar-refractivity contribution < 1.29 is 4.74 Å². The number of hydrogen-bond donors (Lipinski definition) is 4. The number of nitrogen functional groups attached to an aromatic ring is 4. The minimum Gasteiger partial charge on any atom is -0.399 e. The number of hydrogen-bond acceptors (Lipinski definition) is 5. The van der Waals surface area contributed by atoms with Crippen LogP contribution in [0.1, 0.15) is 24.0 Å². The van der Waals surface area contributed by atoms with Crippen LogP contribution in [0, 0.1) is 0 Å². The average Bonchev–Trinajstić information content (AvgIpc) is 2.50. The Hall–Kier alpha value is -2.40. The molecule has 2 aromatic carbocycles. The Morgan fingerprint density at radius 3 is 1.48 bits per heavy atom. The van der Waals surface area contributed by atoms with Gasteiger partial charge in [0.1, 0.15) is 0 Å². The Labute approximate surface area is 137 Å². The van der Waals surface area contributed by atoms with Crippen LogP contribution in [0.3, 0.4) is 0 Å². The molecule has 0 aliphatic rings. The molecule has 2 rings (SSSR count). The summed E-state index contributed by atoms with van der Waals surface area (Å²) in [6, 6.07) is 11.3. The smallest absolute Gasteiger partial charge is 0.0469 e. The van der Waals surface area contributed by atoms with Crippen molar-refractivity contribution >= 4 is 22.7 Å². The maximum atomic E-state index is 5.93. The van der Waals surface area contributed by atoms with Gasteiger partial charge in [-0.15, -0.1) is 0 Å². The predicted molar refractivity (Wildman–Crippen MR) is 98.0 cm³/mol. The summed E-state index contributed by atoms with van der Waals surface area (Å²) < 4.78 is 5.67. The highest BCUT2D eigenvalue weighted by Crippen LogP contribution is 2.18. The quantitative estimate of drug-likeness (QED) is 0.442. The number of rotatable bonds is 8. The lowest BCUT2D eigenvalue weighted by molar-refractivity contribution is 0.130. The highest BCUT2D eigenvalue weighted by Gasteiger charge is 2.01. The van der Waals surface area contributed by atoms with Crippen molar-refractivity contribution in [3.63, 3.8) is 0 Å².